The summed E-state index contributed by atoms with van der Waals surface area (Å²) >= 11 is 0. The molecule has 0 radical (unpaired) electrons. The van der Waals surface area contributed by atoms with Gasteiger partial charge in [0.15, 0.2) is 5.78 Å². The van der Waals surface area contributed by atoms with Gasteiger partial charge in [-0.15, -0.1) is 0 Å². The number of aliphatic imine (C=N–C) groups is 1. The molecule has 0 aliphatic rings. The molecule has 0 heterocycles. The van der Waals surface area contributed by atoms with Crippen molar-refractivity contribution in [3.63, 3.8) is 0 Å². The third kappa shape index (κ3) is 9.17. The van der Waals surface area contributed by atoms with Crippen LogP contribution in [0.5, 0.6) is 0 Å². The molecule has 0 fully saturated rings. The molecule has 2 aromatic carbocycles. The Morgan fingerprint density at radius 2 is 1.29 bits per heavy atom. The molecule has 1 unspecified atom stereocenters. The van der Waals surface area contributed by atoms with Crippen LogP contribution in [-0.4, -0.2) is 35.3 Å². The first-order chi connectivity index (χ1) is 15.8. The molecule has 186 valence electrons. The van der Waals surface area contributed by atoms with Gasteiger partial charge in [0.2, 0.25) is 0 Å². The van der Waals surface area contributed by atoms with Crippen molar-refractivity contribution in [2.24, 2.45) is 4.99 Å². The molecule has 6 nitrogen and oxygen atoms in total. The van der Waals surface area contributed by atoms with Crippen LogP contribution in [0.3, 0.4) is 0 Å². The Kier molecular flexibility index (Phi) is 9.81. The standard InChI is InChI=1S/C27H38NO5P/c1-8-31-24(29)20-19-23(34(30,32-26(2,3)4)33-27(5,6)7)28-25(21-15-11-9-12-16-21)22-17-13-10-14-18-22/h9-18,23H,8,19-20H2,1-7H3. The highest BCUT2D eigenvalue weighted by molar-refractivity contribution is 7.54. The summed E-state index contributed by atoms with van der Waals surface area (Å²) in [5.74, 6) is -1.28. The number of hydrogen-bond acceptors (Lipinski definition) is 6. The van der Waals surface area contributed by atoms with Crippen molar-refractivity contribution in [1.29, 1.82) is 0 Å². The number of benzene rings is 2. The van der Waals surface area contributed by atoms with Crippen molar-refractivity contribution in [2.45, 2.75) is 78.3 Å². The Morgan fingerprint density at radius 1 is 0.853 bits per heavy atom. The number of rotatable bonds is 10. The van der Waals surface area contributed by atoms with Gasteiger partial charge in [0, 0.05) is 17.5 Å². The zero-order valence-corrected chi connectivity index (χ0v) is 22.3. The predicted octanol–water partition coefficient (Wildman–Crippen LogP) is 7.02. The Hall–Kier alpha value is -2.27. The van der Waals surface area contributed by atoms with Crippen LogP contribution >= 0.6 is 7.60 Å². The quantitative estimate of drug-likeness (QED) is 0.205. The highest BCUT2D eigenvalue weighted by Gasteiger charge is 2.43. The molecular formula is C27H38NO5P. The second kappa shape index (κ2) is 11.9. The Bertz CT molecular complexity index is 930. The first-order valence-corrected chi connectivity index (χ1v) is 13.3. The molecule has 2 rings (SSSR count). The number of carbonyl (C=O) groups excluding carboxylic acids is 1. The van der Waals surface area contributed by atoms with Crippen LogP contribution in [0.1, 0.15) is 72.4 Å². The van der Waals surface area contributed by atoms with Crippen LogP contribution in [0.4, 0.5) is 0 Å². The average molecular weight is 488 g/mol. The van der Waals surface area contributed by atoms with Crippen LogP contribution in [0.25, 0.3) is 0 Å². The summed E-state index contributed by atoms with van der Waals surface area (Å²) in [5.41, 5.74) is 0.891. The van der Waals surface area contributed by atoms with Crippen molar-refractivity contribution in [3.8, 4) is 0 Å². The topological polar surface area (TPSA) is 74.2 Å². The lowest BCUT2D eigenvalue weighted by atomic mass is 10.0. The molecule has 0 saturated carbocycles. The lowest BCUT2D eigenvalue weighted by Crippen LogP contribution is -2.29. The second-order valence-corrected chi connectivity index (χ2v) is 12.0. The number of carbonyl (C=O) groups is 1. The first-order valence-electron chi connectivity index (χ1n) is 11.7. The van der Waals surface area contributed by atoms with E-state index < -0.39 is 24.6 Å². The molecule has 1 atom stereocenters. The van der Waals surface area contributed by atoms with E-state index in [2.05, 4.69) is 0 Å². The van der Waals surface area contributed by atoms with E-state index in [1.54, 1.807) is 6.92 Å². The van der Waals surface area contributed by atoms with E-state index in [0.717, 1.165) is 11.1 Å². The summed E-state index contributed by atoms with van der Waals surface area (Å²) in [6.45, 7) is 13.0. The van der Waals surface area contributed by atoms with Gasteiger partial charge in [-0.05, 0) is 54.9 Å². The van der Waals surface area contributed by atoms with Gasteiger partial charge in [-0.3, -0.25) is 14.4 Å². The summed E-state index contributed by atoms with van der Waals surface area (Å²) in [4.78, 5) is 17.2. The summed E-state index contributed by atoms with van der Waals surface area (Å²) in [7, 11) is -3.84. The maximum absolute atomic E-state index is 14.4. The van der Waals surface area contributed by atoms with E-state index >= 15 is 0 Å². The first kappa shape index (κ1) is 28.0. The molecule has 34 heavy (non-hydrogen) atoms. The second-order valence-electron chi connectivity index (χ2n) is 9.98. The van der Waals surface area contributed by atoms with Gasteiger partial charge < -0.3 is 13.8 Å². The fourth-order valence-electron chi connectivity index (χ4n) is 3.33. The lowest BCUT2D eigenvalue weighted by Gasteiger charge is -2.35. The Morgan fingerprint density at radius 3 is 1.68 bits per heavy atom. The van der Waals surface area contributed by atoms with E-state index in [4.69, 9.17) is 18.8 Å². The summed E-state index contributed by atoms with van der Waals surface area (Å²) in [6.07, 6.45) is 0.204. The minimum absolute atomic E-state index is 0.0455. The normalized spacial score (nSPS) is 13.3. The summed E-state index contributed by atoms with van der Waals surface area (Å²) in [6, 6.07) is 19.4. The molecule has 0 N–H and O–H groups in total. The van der Waals surface area contributed by atoms with Crippen LogP contribution in [-0.2, 0) is 23.1 Å². The van der Waals surface area contributed by atoms with E-state index in [-0.39, 0.29) is 25.4 Å². The number of nitrogens with zero attached hydrogens (tertiary/aromatic N) is 1. The van der Waals surface area contributed by atoms with E-state index in [9.17, 15) is 9.36 Å². The minimum Gasteiger partial charge on any atom is -0.466 e. The van der Waals surface area contributed by atoms with Crippen LogP contribution in [0.15, 0.2) is 65.7 Å². The molecule has 0 bridgehead atoms. The fourth-order valence-corrected chi connectivity index (χ4v) is 5.84. The third-order valence-corrected chi connectivity index (χ3v) is 7.16. The van der Waals surface area contributed by atoms with Gasteiger partial charge in [0.05, 0.1) is 23.5 Å². The molecule has 0 aliphatic carbocycles. The minimum atomic E-state index is -3.84. The highest BCUT2D eigenvalue weighted by Crippen LogP contribution is 2.60. The maximum Gasteiger partial charge on any atom is 0.355 e. The maximum atomic E-state index is 14.4. The smallest absolute Gasteiger partial charge is 0.355 e. The number of ether oxygens (including phenoxy) is 1. The van der Waals surface area contributed by atoms with Gasteiger partial charge in [-0.1, -0.05) is 60.7 Å². The molecule has 0 aliphatic heterocycles. The van der Waals surface area contributed by atoms with Crippen molar-refractivity contribution in [3.05, 3.63) is 71.8 Å². The molecule has 0 aromatic heterocycles. The van der Waals surface area contributed by atoms with Crippen LogP contribution in [0.2, 0.25) is 0 Å². The van der Waals surface area contributed by atoms with Gasteiger partial charge in [0.1, 0.15) is 0 Å². The molecule has 0 amide bonds. The SMILES string of the molecule is CCOC(=O)CCC(N=C(c1ccccc1)c1ccccc1)P(=O)(OC(C)(C)C)OC(C)(C)C. The number of esters is 1. The third-order valence-electron chi connectivity index (χ3n) is 4.45. The van der Waals surface area contributed by atoms with Crippen LogP contribution in [0, 0.1) is 0 Å². The summed E-state index contributed by atoms with van der Waals surface area (Å²) in [5, 5.41) is 0. The molecule has 7 heteroatoms. The lowest BCUT2D eigenvalue weighted by molar-refractivity contribution is -0.143. The molecular weight excluding hydrogens is 449 g/mol. The van der Waals surface area contributed by atoms with Gasteiger partial charge in [-0.25, -0.2) is 0 Å². The van der Waals surface area contributed by atoms with Crippen molar-refractivity contribution < 1.29 is 23.1 Å². The van der Waals surface area contributed by atoms with Crippen molar-refractivity contribution in [2.75, 3.05) is 6.61 Å². The Balaban J connectivity index is 2.67. The average Bonchev–Trinajstić information content (AvgIpc) is 2.72. The van der Waals surface area contributed by atoms with Crippen LogP contribution < -0.4 is 0 Å². The Labute approximate surface area is 204 Å². The number of hydrogen-bond donors (Lipinski definition) is 0. The van der Waals surface area contributed by atoms with E-state index in [0.29, 0.717) is 5.71 Å². The predicted molar refractivity (Wildman–Crippen MR) is 137 cm³/mol. The summed E-state index contributed by atoms with van der Waals surface area (Å²) < 4.78 is 31.7. The van der Waals surface area contributed by atoms with E-state index in [1.807, 2.05) is 102 Å². The van der Waals surface area contributed by atoms with Crippen molar-refractivity contribution >= 4 is 19.3 Å². The highest BCUT2D eigenvalue weighted by atomic mass is 31.2. The molecule has 0 saturated heterocycles. The van der Waals surface area contributed by atoms with Gasteiger partial charge >= 0.3 is 13.6 Å². The zero-order chi connectivity index (χ0) is 25.4. The zero-order valence-electron chi connectivity index (χ0n) is 21.4. The monoisotopic (exact) mass is 487 g/mol. The molecule has 0 spiro atoms. The fraction of sp³-hybridized carbons (Fsp3) is 0.481. The molecule has 2 aromatic rings. The van der Waals surface area contributed by atoms with E-state index in [1.165, 1.54) is 0 Å². The van der Waals surface area contributed by atoms with Crippen molar-refractivity contribution in [1.82, 2.24) is 0 Å². The van der Waals surface area contributed by atoms with Gasteiger partial charge in [-0.2, -0.15) is 0 Å². The largest absolute Gasteiger partial charge is 0.466 e. The van der Waals surface area contributed by atoms with Gasteiger partial charge in [0.25, 0.3) is 0 Å².